The molecule has 6 nitrogen and oxygen atoms in total. The van der Waals surface area contributed by atoms with Crippen molar-refractivity contribution < 1.29 is 14.1 Å². The molecule has 0 heterocycles. The summed E-state index contributed by atoms with van der Waals surface area (Å²) in [5.74, 6) is -1.23. The highest BCUT2D eigenvalue weighted by Crippen LogP contribution is 2.26. The second kappa shape index (κ2) is 5.58. The van der Waals surface area contributed by atoms with Crippen molar-refractivity contribution in [1.29, 1.82) is 0 Å². The van der Waals surface area contributed by atoms with Crippen LogP contribution in [0.15, 0.2) is 36.4 Å². The minimum atomic E-state index is -0.723. The van der Waals surface area contributed by atoms with E-state index < -0.39 is 22.3 Å². The Morgan fingerprint density at radius 2 is 2.05 bits per heavy atom. The summed E-state index contributed by atoms with van der Waals surface area (Å²) in [6.45, 7) is 1.67. The maximum Gasteiger partial charge on any atom is 0.304 e. The van der Waals surface area contributed by atoms with Crippen molar-refractivity contribution in [2.24, 2.45) is 0 Å². The largest absolute Gasteiger partial charge is 0.393 e. The Morgan fingerprint density at radius 3 is 2.67 bits per heavy atom. The molecule has 0 unspecified atom stereocenters. The van der Waals surface area contributed by atoms with E-state index in [4.69, 9.17) is 5.73 Å². The highest BCUT2D eigenvalue weighted by Gasteiger charge is 2.23. The van der Waals surface area contributed by atoms with Gasteiger partial charge in [0.15, 0.2) is 0 Å². The lowest BCUT2D eigenvalue weighted by atomic mass is 10.1. The van der Waals surface area contributed by atoms with Crippen LogP contribution >= 0.6 is 0 Å². The van der Waals surface area contributed by atoms with Crippen molar-refractivity contribution in [1.82, 2.24) is 0 Å². The lowest BCUT2D eigenvalue weighted by Gasteiger charge is -2.08. The third kappa shape index (κ3) is 3.14. The van der Waals surface area contributed by atoms with Crippen LogP contribution in [0.2, 0.25) is 0 Å². The molecule has 2 rings (SSSR count). The molecule has 0 radical (unpaired) electrons. The predicted octanol–water partition coefficient (Wildman–Crippen LogP) is 2.88. The molecular weight excluding hydrogens is 277 g/mol. The first kappa shape index (κ1) is 14.4. The van der Waals surface area contributed by atoms with Gasteiger partial charge in [0.05, 0.1) is 4.92 Å². The van der Waals surface area contributed by atoms with E-state index >= 15 is 0 Å². The third-order valence-corrected chi connectivity index (χ3v) is 2.79. The first-order valence-electron chi connectivity index (χ1n) is 6.00. The zero-order valence-corrected chi connectivity index (χ0v) is 11.1. The smallest absolute Gasteiger partial charge is 0.304 e. The Labute approximate surface area is 119 Å². The van der Waals surface area contributed by atoms with Gasteiger partial charge >= 0.3 is 5.69 Å². The molecule has 2 aromatic carbocycles. The number of halogens is 1. The van der Waals surface area contributed by atoms with Gasteiger partial charge in [-0.05, 0) is 42.8 Å². The molecule has 0 saturated carbocycles. The lowest BCUT2D eigenvalue weighted by Crippen LogP contribution is -2.15. The molecular formula is C14H12FN3O3. The van der Waals surface area contributed by atoms with Crippen LogP contribution in [-0.4, -0.2) is 10.8 Å². The van der Waals surface area contributed by atoms with E-state index in [9.17, 15) is 19.3 Å². The van der Waals surface area contributed by atoms with Crippen molar-refractivity contribution in [3.63, 3.8) is 0 Å². The van der Waals surface area contributed by atoms with Gasteiger partial charge in [-0.2, -0.15) is 0 Å². The number of benzene rings is 2. The van der Waals surface area contributed by atoms with Crippen LogP contribution in [-0.2, 0) is 0 Å². The quantitative estimate of drug-likeness (QED) is 0.515. The van der Waals surface area contributed by atoms with E-state index in [2.05, 4.69) is 5.32 Å². The summed E-state index contributed by atoms with van der Waals surface area (Å²) in [4.78, 5) is 22.4. The van der Waals surface area contributed by atoms with Crippen LogP contribution in [0.5, 0.6) is 0 Å². The van der Waals surface area contributed by atoms with Gasteiger partial charge in [-0.3, -0.25) is 14.9 Å². The van der Waals surface area contributed by atoms with Gasteiger partial charge in [-0.15, -0.1) is 0 Å². The lowest BCUT2D eigenvalue weighted by molar-refractivity contribution is -0.384. The number of nitrogens with one attached hydrogen (secondary N) is 1. The monoisotopic (exact) mass is 289 g/mol. The van der Waals surface area contributed by atoms with E-state index in [0.717, 1.165) is 6.07 Å². The number of carbonyl (C=O) groups excluding carboxylic acids is 1. The van der Waals surface area contributed by atoms with Crippen LogP contribution in [0.25, 0.3) is 0 Å². The number of hydrogen-bond donors (Lipinski definition) is 2. The number of nitro groups is 1. The minimum Gasteiger partial charge on any atom is -0.393 e. The maximum absolute atomic E-state index is 13.3. The van der Waals surface area contributed by atoms with Gasteiger partial charge in [0.25, 0.3) is 5.91 Å². The van der Waals surface area contributed by atoms with Crippen molar-refractivity contribution in [3.8, 4) is 0 Å². The Morgan fingerprint density at radius 1 is 1.33 bits per heavy atom. The van der Waals surface area contributed by atoms with E-state index in [-0.39, 0.29) is 16.9 Å². The van der Waals surface area contributed by atoms with Crippen molar-refractivity contribution in [3.05, 3.63) is 63.5 Å². The van der Waals surface area contributed by atoms with Gasteiger partial charge in [0.1, 0.15) is 17.1 Å². The van der Waals surface area contributed by atoms with Gasteiger partial charge in [0, 0.05) is 5.69 Å². The summed E-state index contributed by atoms with van der Waals surface area (Å²) in [6.07, 6.45) is 0. The average Bonchev–Trinajstić information content (AvgIpc) is 2.36. The van der Waals surface area contributed by atoms with E-state index in [1.807, 2.05) is 0 Å². The number of nitrogens with two attached hydrogens (primary N) is 1. The number of anilines is 2. The summed E-state index contributed by atoms with van der Waals surface area (Å²) < 4.78 is 13.3. The standard InChI is InChI=1S/C14H12FN3O3/c1-8-5-9(15)7-10(6-8)17-14(19)11-3-2-4-12(16)13(11)18(20)21/h2-7H,16H2,1H3,(H,17,19). The van der Waals surface area contributed by atoms with Gasteiger partial charge in [-0.25, -0.2) is 4.39 Å². The summed E-state index contributed by atoms with van der Waals surface area (Å²) in [5, 5.41) is 13.4. The fraction of sp³-hybridized carbons (Fsp3) is 0.0714. The highest BCUT2D eigenvalue weighted by molar-refractivity contribution is 6.08. The molecule has 3 N–H and O–H groups in total. The molecule has 21 heavy (non-hydrogen) atoms. The minimum absolute atomic E-state index is 0.108. The van der Waals surface area contributed by atoms with E-state index in [1.165, 1.54) is 24.3 Å². The molecule has 7 heteroatoms. The molecule has 2 aromatic rings. The molecule has 0 atom stereocenters. The molecule has 0 fully saturated rings. The Hall–Kier alpha value is -2.96. The number of amides is 1. The molecule has 0 aliphatic heterocycles. The molecule has 108 valence electrons. The fourth-order valence-corrected chi connectivity index (χ4v) is 1.96. The topological polar surface area (TPSA) is 98.3 Å². The number of rotatable bonds is 3. The normalized spacial score (nSPS) is 10.2. The zero-order chi connectivity index (χ0) is 15.6. The van der Waals surface area contributed by atoms with E-state index in [0.29, 0.717) is 5.56 Å². The number of carbonyl (C=O) groups is 1. The Balaban J connectivity index is 2.37. The molecule has 0 aliphatic rings. The first-order valence-corrected chi connectivity index (χ1v) is 6.00. The van der Waals surface area contributed by atoms with Crippen LogP contribution in [0.1, 0.15) is 15.9 Å². The van der Waals surface area contributed by atoms with E-state index in [1.54, 1.807) is 13.0 Å². The number of aryl methyl sites for hydroxylation is 1. The number of para-hydroxylation sites is 1. The first-order chi connectivity index (χ1) is 9.88. The van der Waals surface area contributed by atoms with Crippen molar-refractivity contribution in [2.75, 3.05) is 11.1 Å². The molecule has 0 saturated heterocycles. The molecule has 0 aliphatic carbocycles. The molecule has 0 aromatic heterocycles. The number of hydrogen-bond acceptors (Lipinski definition) is 4. The van der Waals surface area contributed by atoms with Gasteiger partial charge < -0.3 is 11.1 Å². The Bertz CT molecular complexity index is 711. The third-order valence-electron chi connectivity index (χ3n) is 2.79. The summed E-state index contributed by atoms with van der Waals surface area (Å²) in [6, 6.07) is 8.05. The summed E-state index contributed by atoms with van der Waals surface area (Å²) >= 11 is 0. The molecule has 0 bridgehead atoms. The maximum atomic E-state index is 13.3. The molecule has 1 amide bonds. The number of nitrogens with zero attached hydrogens (tertiary/aromatic N) is 1. The van der Waals surface area contributed by atoms with Crippen LogP contribution in [0.4, 0.5) is 21.5 Å². The summed E-state index contributed by atoms with van der Waals surface area (Å²) in [7, 11) is 0. The number of nitrogen functional groups attached to an aromatic ring is 1. The fourth-order valence-electron chi connectivity index (χ4n) is 1.96. The second-order valence-electron chi connectivity index (χ2n) is 4.47. The van der Waals surface area contributed by atoms with Crippen molar-refractivity contribution >= 4 is 23.0 Å². The zero-order valence-electron chi connectivity index (χ0n) is 11.1. The second-order valence-corrected chi connectivity index (χ2v) is 4.47. The van der Waals surface area contributed by atoms with Gasteiger partial charge in [0.2, 0.25) is 0 Å². The van der Waals surface area contributed by atoms with Crippen molar-refractivity contribution in [2.45, 2.75) is 6.92 Å². The molecule has 0 spiro atoms. The Kier molecular flexibility index (Phi) is 3.84. The SMILES string of the molecule is Cc1cc(F)cc(NC(=O)c2cccc(N)c2[N+](=O)[O-])c1. The van der Waals surface area contributed by atoms with Crippen LogP contribution < -0.4 is 11.1 Å². The average molecular weight is 289 g/mol. The van der Waals surface area contributed by atoms with Crippen LogP contribution in [0, 0.1) is 22.9 Å². The summed E-state index contributed by atoms with van der Waals surface area (Å²) in [5.41, 5.74) is 5.60. The van der Waals surface area contributed by atoms with Crippen LogP contribution in [0.3, 0.4) is 0 Å². The number of nitro benzene ring substituents is 1. The highest BCUT2D eigenvalue weighted by atomic mass is 19.1. The predicted molar refractivity (Wildman–Crippen MR) is 76.6 cm³/mol. The van der Waals surface area contributed by atoms with Gasteiger partial charge in [-0.1, -0.05) is 6.07 Å².